The van der Waals surface area contributed by atoms with Gasteiger partial charge in [0.25, 0.3) is 0 Å². The monoisotopic (exact) mass is 701 g/mol. The molecule has 17 heteroatoms. The van der Waals surface area contributed by atoms with Gasteiger partial charge in [0.15, 0.2) is 0 Å². The van der Waals surface area contributed by atoms with E-state index in [2.05, 4.69) is 36.4 Å². The van der Waals surface area contributed by atoms with Crippen molar-refractivity contribution in [2.24, 2.45) is 0 Å². The van der Waals surface area contributed by atoms with E-state index >= 15 is 0 Å². The summed E-state index contributed by atoms with van der Waals surface area (Å²) in [6.45, 7) is 3.54. The average Bonchev–Trinajstić information content (AvgIpc) is 3.68. The number of piperidine rings is 1. The lowest BCUT2D eigenvalue weighted by atomic mass is 9.81. The number of tetrazole rings is 1. The summed E-state index contributed by atoms with van der Waals surface area (Å²) in [5, 5.41) is 41.9. The summed E-state index contributed by atoms with van der Waals surface area (Å²) in [6, 6.07) is 13.4. The van der Waals surface area contributed by atoms with E-state index < -0.39 is 24.3 Å². The Kier molecular flexibility index (Phi) is 13.9. The molecule has 0 spiro atoms. The molecule has 3 heterocycles. The summed E-state index contributed by atoms with van der Waals surface area (Å²) < 4.78 is 28.9. The third-order valence-corrected chi connectivity index (χ3v) is 8.92. The van der Waals surface area contributed by atoms with Gasteiger partial charge in [-0.05, 0) is 61.1 Å². The number of ether oxygens (including phenoxy) is 5. The fourth-order valence-electron chi connectivity index (χ4n) is 6.37. The summed E-state index contributed by atoms with van der Waals surface area (Å²) in [6.07, 6.45) is 0.305. The number of anilines is 1. The number of fused-ring (bicyclic) bond motifs is 1. The van der Waals surface area contributed by atoms with Crippen molar-refractivity contribution in [3.8, 4) is 11.5 Å². The van der Waals surface area contributed by atoms with E-state index in [4.69, 9.17) is 34.1 Å². The molecule has 0 radical (unpaired) electrons. The highest BCUT2D eigenvalue weighted by atomic mass is 17.1. The van der Waals surface area contributed by atoms with E-state index in [1.54, 1.807) is 19.1 Å². The maximum absolute atomic E-state index is 13.6. The number of hydrogen-bond donors (Lipinski definition) is 4. The van der Waals surface area contributed by atoms with Crippen LogP contribution >= 0.6 is 0 Å². The zero-order valence-electron chi connectivity index (χ0n) is 28.4. The Labute approximate surface area is 290 Å². The largest absolute Gasteiger partial charge is 0.497 e. The van der Waals surface area contributed by atoms with Crippen LogP contribution in [0.25, 0.3) is 0 Å². The molecule has 3 aromatic rings. The third-order valence-electron chi connectivity index (χ3n) is 8.92. The molecule has 5 rings (SSSR count). The quantitative estimate of drug-likeness (QED) is 0.111. The number of benzene rings is 2. The first-order valence-corrected chi connectivity index (χ1v) is 16.8. The van der Waals surface area contributed by atoms with Crippen LogP contribution in [0.5, 0.6) is 11.5 Å². The molecule has 274 valence electrons. The van der Waals surface area contributed by atoms with Gasteiger partial charge in [0.1, 0.15) is 24.2 Å². The second-order valence-electron chi connectivity index (χ2n) is 12.2. The fourth-order valence-corrected chi connectivity index (χ4v) is 6.37. The smallest absolute Gasteiger partial charge is 0.410 e. The Morgan fingerprint density at radius 3 is 2.66 bits per heavy atom. The predicted octanol–water partition coefficient (Wildman–Crippen LogP) is 3.24. The number of carbonyl (C=O) groups excluding carboxylic acids is 1. The molecule has 2 aromatic carbocycles. The van der Waals surface area contributed by atoms with Crippen LogP contribution in [0, 0.1) is 0 Å². The van der Waals surface area contributed by atoms with Crippen molar-refractivity contribution in [2.75, 3.05) is 65.2 Å². The van der Waals surface area contributed by atoms with Crippen LogP contribution < -0.4 is 14.4 Å². The Balaban J connectivity index is 1.35. The number of amides is 1. The van der Waals surface area contributed by atoms with E-state index in [-0.39, 0.29) is 43.3 Å². The van der Waals surface area contributed by atoms with Gasteiger partial charge in [-0.25, -0.2) is 4.79 Å². The molecule has 4 N–H and O–H groups in total. The minimum atomic E-state index is -1.08. The molecule has 1 saturated heterocycles. The predicted molar refractivity (Wildman–Crippen MR) is 176 cm³/mol. The van der Waals surface area contributed by atoms with Crippen molar-refractivity contribution in [3.05, 3.63) is 59.4 Å². The number of methoxy groups -OCH3 is 2. The maximum atomic E-state index is 13.6. The van der Waals surface area contributed by atoms with Crippen LogP contribution in [-0.2, 0) is 25.7 Å². The minimum Gasteiger partial charge on any atom is -0.497 e. The summed E-state index contributed by atoms with van der Waals surface area (Å²) in [5.74, 6) is 1.54. The molecule has 17 nitrogen and oxygen atoms in total. The maximum Gasteiger partial charge on any atom is 0.410 e. The number of aliphatic hydroxyl groups excluding tert-OH is 1. The van der Waals surface area contributed by atoms with E-state index in [9.17, 15) is 9.90 Å². The third kappa shape index (κ3) is 10.2. The first kappa shape index (κ1) is 37.2. The SMILES string of the molecule is COCCCN1CCOc2ccc(COC3CN(C(=O)OCCCCON(O)O)C(CC(O)c4nn[nH]n4)CC3c3ccc(OC)cc3)cc21. The Hall–Kier alpha value is -4.10. The molecule has 2 aliphatic rings. The van der Waals surface area contributed by atoms with Crippen molar-refractivity contribution in [1.82, 2.24) is 30.9 Å². The number of aliphatic hydroxyl groups is 1. The Morgan fingerprint density at radius 2 is 1.92 bits per heavy atom. The van der Waals surface area contributed by atoms with Gasteiger partial charge in [0, 0.05) is 38.6 Å². The minimum absolute atomic E-state index is 0.0347. The number of unbranched alkanes of at least 4 members (excludes halogenated alkanes) is 1. The molecule has 2 aliphatic heterocycles. The van der Waals surface area contributed by atoms with E-state index in [0.29, 0.717) is 39.1 Å². The molecule has 4 atom stereocenters. The van der Waals surface area contributed by atoms with Gasteiger partial charge < -0.3 is 38.6 Å². The average molecular weight is 702 g/mol. The van der Waals surface area contributed by atoms with Crippen LogP contribution in [0.4, 0.5) is 10.5 Å². The lowest BCUT2D eigenvalue weighted by Gasteiger charge is -2.44. The molecule has 1 amide bonds. The molecule has 1 fully saturated rings. The highest BCUT2D eigenvalue weighted by Crippen LogP contribution is 2.39. The van der Waals surface area contributed by atoms with Gasteiger partial charge in [0.05, 0.1) is 57.2 Å². The van der Waals surface area contributed by atoms with Gasteiger partial charge in [-0.1, -0.05) is 23.4 Å². The van der Waals surface area contributed by atoms with Crippen LogP contribution in [0.1, 0.15) is 61.1 Å². The number of H-pyrrole nitrogens is 1. The molecular formula is C33H47N7O10. The number of likely N-dealkylation sites (tertiary alicyclic amines) is 1. The number of aromatic nitrogens is 4. The molecule has 50 heavy (non-hydrogen) atoms. The fraction of sp³-hybridized carbons (Fsp3) is 0.576. The lowest BCUT2D eigenvalue weighted by Crippen LogP contribution is -2.53. The lowest BCUT2D eigenvalue weighted by molar-refractivity contribution is -0.492. The Bertz CT molecular complexity index is 1450. The number of rotatable bonds is 18. The van der Waals surface area contributed by atoms with Crippen molar-refractivity contribution in [1.29, 1.82) is 0 Å². The number of aromatic amines is 1. The van der Waals surface area contributed by atoms with Gasteiger partial charge in [-0.2, -0.15) is 5.21 Å². The highest BCUT2D eigenvalue weighted by molar-refractivity contribution is 5.68. The van der Waals surface area contributed by atoms with Crippen LogP contribution in [0.15, 0.2) is 42.5 Å². The van der Waals surface area contributed by atoms with Gasteiger partial charge in [0.2, 0.25) is 5.82 Å². The highest BCUT2D eigenvalue weighted by Gasteiger charge is 2.41. The van der Waals surface area contributed by atoms with E-state index in [0.717, 1.165) is 47.8 Å². The first-order valence-electron chi connectivity index (χ1n) is 16.8. The second kappa shape index (κ2) is 18.8. The van der Waals surface area contributed by atoms with Crippen LogP contribution in [0.2, 0.25) is 0 Å². The number of nitrogens with zero attached hydrogens (tertiary/aromatic N) is 6. The van der Waals surface area contributed by atoms with Gasteiger partial charge in [-0.3, -0.25) is 15.3 Å². The van der Waals surface area contributed by atoms with Crippen molar-refractivity contribution >= 4 is 11.8 Å². The van der Waals surface area contributed by atoms with E-state index in [1.807, 2.05) is 36.4 Å². The first-order chi connectivity index (χ1) is 24.4. The van der Waals surface area contributed by atoms with Gasteiger partial charge in [-0.15, -0.1) is 10.2 Å². The van der Waals surface area contributed by atoms with Crippen molar-refractivity contribution < 1.29 is 48.8 Å². The normalized spacial score (nSPS) is 19.6. The number of carbonyl (C=O) groups is 1. The molecular weight excluding hydrogens is 654 g/mol. The molecule has 0 saturated carbocycles. The summed E-state index contributed by atoms with van der Waals surface area (Å²) in [5.41, 5.74) is 2.99. The zero-order chi connectivity index (χ0) is 35.3. The summed E-state index contributed by atoms with van der Waals surface area (Å²) in [7, 11) is 3.32. The zero-order valence-corrected chi connectivity index (χ0v) is 28.4. The van der Waals surface area contributed by atoms with Crippen LogP contribution in [-0.4, -0.2) is 125 Å². The molecule has 4 unspecified atom stereocenters. The molecule has 1 aromatic heterocycles. The standard InChI is InChI=1S/C33H47N7O10/c1-45-14-5-12-38-13-17-47-30-11-6-23(18-28(30)38)22-49-31-21-39(33(42)48-15-3-4-16-50-40(43)44)25(20-29(41)32-34-36-37-35-32)19-27(31)24-7-9-26(46-2)10-8-24/h6-11,18,25,27,29,31,41,43-44H,3-5,12-17,19-22H2,1-2H3,(H,34,35,36,37). The van der Waals surface area contributed by atoms with Gasteiger partial charge >= 0.3 is 6.09 Å². The topological polar surface area (TPSA) is 197 Å². The van der Waals surface area contributed by atoms with Crippen molar-refractivity contribution in [2.45, 2.75) is 62.9 Å². The molecule has 0 aliphatic carbocycles. The van der Waals surface area contributed by atoms with E-state index in [1.165, 1.54) is 0 Å². The Morgan fingerprint density at radius 1 is 1.10 bits per heavy atom. The van der Waals surface area contributed by atoms with Crippen molar-refractivity contribution in [3.63, 3.8) is 0 Å². The molecule has 0 bridgehead atoms. The summed E-state index contributed by atoms with van der Waals surface area (Å²) in [4.78, 5) is 22.1. The summed E-state index contributed by atoms with van der Waals surface area (Å²) >= 11 is 0. The number of hydrogen-bond acceptors (Lipinski definition) is 15. The number of nitrogens with one attached hydrogen (secondary N) is 1. The second-order valence-corrected chi connectivity index (χ2v) is 12.2. The van der Waals surface area contributed by atoms with Crippen LogP contribution in [0.3, 0.4) is 0 Å².